The number of rotatable bonds is 4. The van der Waals surface area contributed by atoms with E-state index in [0.717, 1.165) is 25.7 Å². The third kappa shape index (κ3) is 7.91. The average Bonchev–Trinajstić information content (AvgIpc) is 3.28. The van der Waals surface area contributed by atoms with E-state index in [0.29, 0.717) is 25.7 Å². The number of aliphatic carboxylic acids is 1. The smallest absolute Gasteiger partial charge is 0.408 e. The minimum absolute atomic E-state index is 0.142. The Kier molecular flexibility index (Phi) is 10.3. The van der Waals surface area contributed by atoms with Crippen molar-refractivity contribution in [3.05, 3.63) is 12.2 Å². The molecule has 14 nitrogen and oxygen atoms in total. The molecule has 0 bridgehead atoms. The van der Waals surface area contributed by atoms with Crippen LogP contribution in [0.3, 0.4) is 0 Å². The Labute approximate surface area is 268 Å². The van der Waals surface area contributed by atoms with Crippen molar-refractivity contribution < 1.29 is 34.1 Å². The lowest BCUT2D eigenvalue weighted by Gasteiger charge is -2.33. The fraction of sp³-hybridized carbons (Fsp3) is 0.800. The van der Waals surface area contributed by atoms with Crippen LogP contribution in [0, 0.1) is 11.8 Å². The number of amides is 3. The lowest BCUT2D eigenvalue weighted by Crippen LogP contribution is -2.56. The van der Waals surface area contributed by atoms with Gasteiger partial charge in [0.1, 0.15) is 23.2 Å². The first-order valence-electron chi connectivity index (χ1n) is 16.2. The molecule has 0 spiro atoms. The standard InChI is InChI=1S/C30H48ClN7O7/c1-29(2,3)45-28(44)32-21-10-8-6-4-5-7-9-18-15-30(18,27(42)43)33-25(40)22-14-19(16-37(22)26(21)41)38-35-24(34-36-38)17-11-12-23(39)20(31)13-17/h7,9,17-24,34-36,39H,4-6,8,10-16H2,1-3H3,(H,32,44)(H,33,40)(H,42,43)/b9-7-/t17?,18-,19-,20?,21+,22+,23?,24?,30-/m1/s1. The van der Waals surface area contributed by atoms with Crippen LogP contribution in [0.15, 0.2) is 12.2 Å². The van der Waals surface area contributed by atoms with E-state index in [-0.39, 0.29) is 48.8 Å². The van der Waals surface area contributed by atoms with Crippen molar-refractivity contribution >= 4 is 35.5 Å². The summed E-state index contributed by atoms with van der Waals surface area (Å²) in [5.74, 6) is -2.23. The fourth-order valence-electron chi connectivity index (χ4n) is 6.92. The number of halogens is 1. The first-order valence-corrected chi connectivity index (χ1v) is 16.6. The minimum atomic E-state index is -1.41. The first kappa shape index (κ1) is 33.9. The normalized spacial score (nSPS) is 39.1. The van der Waals surface area contributed by atoms with Crippen molar-refractivity contribution in [2.45, 2.75) is 132 Å². The van der Waals surface area contributed by atoms with E-state index in [4.69, 9.17) is 16.3 Å². The second-order valence-corrected chi connectivity index (χ2v) is 14.7. The molecule has 15 heteroatoms. The first-order chi connectivity index (χ1) is 21.3. The van der Waals surface area contributed by atoms with Gasteiger partial charge in [0, 0.05) is 12.5 Å². The number of alkyl halides is 1. The number of nitrogens with one attached hydrogen (secondary N) is 5. The lowest BCUT2D eigenvalue weighted by atomic mass is 9.85. The molecule has 5 rings (SSSR count). The Morgan fingerprint density at radius 3 is 2.62 bits per heavy atom. The fourth-order valence-corrected chi connectivity index (χ4v) is 7.28. The largest absolute Gasteiger partial charge is 0.479 e. The number of carbonyl (C=O) groups excluding carboxylic acids is 3. The third-order valence-corrected chi connectivity index (χ3v) is 10.0. The van der Waals surface area contributed by atoms with Crippen molar-refractivity contribution in [2.24, 2.45) is 11.8 Å². The SMILES string of the molecule is CC(C)(C)OC(=O)N[C@H]1CCCCC/C=C\[C@@H]2C[C@@]2(C(=O)O)NC(=O)[C@@H]2C[C@@H](N3NNC(C4CCC(O)C(Cl)C4)N3)CN2C1=O. The van der Waals surface area contributed by atoms with Crippen LogP contribution in [0.1, 0.15) is 85.0 Å². The molecule has 252 valence electrons. The Hall–Kier alpha value is -2.49. The number of carbonyl (C=O) groups is 4. The number of carboxylic acid groups (broad SMARTS) is 1. The van der Waals surface area contributed by atoms with Crippen molar-refractivity contribution in [1.29, 1.82) is 0 Å². The summed E-state index contributed by atoms with van der Waals surface area (Å²) in [5, 5.41) is 27.1. The van der Waals surface area contributed by atoms with Gasteiger partial charge in [0.2, 0.25) is 11.8 Å². The number of ether oxygens (including phenoxy) is 1. The zero-order valence-electron chi connectivity index (χ0n) is 26.3. The number of hydrazine groups is 3. The molecule has 0 aromatic heterocycles. The maximum atomic E-state index is 14.2. The molecule has 0 aromatic carbocycles. The van der Waals surface area contributed by atoms with Crippen molar-refractivity contribution in [3.63, 3.8) is 0 Å². The number of fused-ring (bicyclic) bond motifs is 2. The molecular weight excluding hydrogens is 606 g/mol. The monoisotopic (exact) mass is 653 g/mol. The maximum Gasteiger partial charge on any atom is 0.408 e. The van der Waals surface area contributed by atoms with Crippen molar-refractivity contribution in [3.8, 4) is 0 Å². The molecule has 2 aliphatic carbocycles. The van der Waals surface area contributed by atoms with E-state index in [9.17, 15) is 29.4 Å². The highest BCUT2D eigenvalue weighted by atomic mass is 35.5. The van der Waals surface area contributed by atoms with Gasteiger partial charge in [0.25, 0.3) is 0 Å². The van der Waals surface area contributed by atoms with Gasteiger partial charge in [-0.2, -0.15) is 10.7 Å². The minimum Gasteiger partial charge on any atom is -0.479 e. The van der Waals surface area contributed by atoms with Crippen molar-refractivity contribution in [2.75, 3.05) is 6.54 Å². The van der Waals surface area contributed by atoms with Crippen LogP contribution in [-0.4, -0.2) is 97.6 Å². The number of nitrogens with zero attached hydrogens (tertiary/aromatic N) is 2. The van der Waals surface area contributed by atoms with Gasteiger partial charge in [0.15, 0.2) is 0 Å². The molecule has 4 fully saturated rings. The van der Waals surface area contributed by atoms with E-state index in [2.05, 4.69) is 27.0 Å². The number of aliphatic hydroxyl groups is 1. The van der Waals surface area contributed by atoms with E-state index in [1.807, 2.05) is 12.2 Å². The second kappa shape index (κ2) is 13.7. The predicted octanol–water partition coefficient (Wildman–Crippen LogP) is 1.25. The Balaban J connectivity index is 1.36. The molecule has 9 atom stereocenters. The summed E-state index contributed by atoms with van der Waals surface area (Å²) in [6.07, 6.45) is 8.39. The van der Waals surface area contributed by atoms with Gasteiger partial charge in [0.05, 0.1) is 23.7 Å². The highest BCUT2D eigenvalue weighted by Crippen LogP contribution is 2.45. The summed E-state index contributed by atoms with van der Waals surface area (Å²) < 4.78 is 5.46. The number of allylic oxidation sites excluding steroid dienone is 1. The molecule has 45 heavy (non-hydrogen) atoms. The van der Waals surface area contributed by atoms with Crippen LogP contribution >= 0.6 is 11.6 Å². The molecule has 0 aromatic rings. The molecule has 4 unspecified atom stereocenters. The van der Waals surface area contributed by atoms with E-state index in [1.165, 1.54) is 4.90 Å². The Bertz CT molecular complexity index is 1170. The molecule has 2 saturated heterocycles. The Morgan fingerprint density at radius 2 is 1.91 bits per heavy atom. The van der Waals surface area contributed by atoms with Crippen LogP contribution in [0.4, 0.5) is 4.79 Å². The van der Waals surface area contributed by atoms with Crippen LogP contribution in [0.25, 0.3) is 0 Å². The summed E-state index contributed by atoms with van der Waals surface area (Å²) in [4.78, 5) is 54.7. The van der Waals surface area contributed by atoms with Gasteiger partial charge in [-0.05, 0) is 78.1 Å². The van der Waals surface area contributed by atoms with Crippen LogP contribution in [0.5, 0.6) is 0 Å². The second-order valence-electron chi connectivity index (χ2n) is 14.1. The molecule has 7 N–H and O–H groups in total. The van der Waals surface area contributed by atoms with Gasteiger partial charge in [-0.15, -0.1) is 11.6 Å². The average molecular weight is 654 g/mol. The third-order valence-electron chi connectivity index (χ3n) is 9.56. The summed E-state index contributed by atoms with van der Waals surface area (Å²) in [6, 6.07) is -2.24. The summed E-state index contributed by atoms with van der Waals surface area (Å²) in [5.41, 5.74) is 7.58. The Morgan fingerprint density at radius 1 is 1.13 bits per heavy atom. The number of alkyl carbamates (subject to hydrolysis) is 1. The van der Waals surface area contributed by atoms with Gasteiger partial charge in [-0.3, -0.25) is 9.59 Å². The quantitative estimate of drug-likeness (QED) is 0.171. The summed E-state index contributed by atoms with van der Waals surface area (Å²) in [7, 11) is 0. The summed E-state index contributed by atoms with van der Waals surface area (Å²) >= 11 is 6.35. The van der Waals surface area contributed by atoms with Gasteiger partial charge < -0.3 is 30.5 Å². The van der Waals surface area contributed by atoms with Gasteiger partial charge in [-0.25, -0.2) is 20.4 Å². The highest BCUT2D eigenvalue weighted by Gasteiger charge is 2.61. The molecule has 5 aliphatic rings. The molecule has 2 saturated carbocycles. The van der Waals surface area contributed by atoms with Gasteiger partial charge in [-0.1, -0.05) is 25.0 Å². The zero-order chi connectivity index (χ0) is 32.5. The molecule has 3 amide bonds. The zero-order valence-corrected chi connectivity index (χ0v) is 27.0. The van der Waals surface area contributed by atoms with E-state index >= 15 is 0 Å². The van der Waals surface area contributed by atoms with Crippen LogP contribution in [-0.2, 0) is 19.1 Å². The number of aliphatic hydroxyl groups excluding tert-OH is 1. The van der Waals surface area contributed by atoms with Gasteiger partial charge >= 0.3 is 12.1 Å². The molecule has 3 aliphatic heterocycles. The number of carboxylic acids is 1. The topological polar surface area (TPSA) is 185 Å². The van der Waals surface area contributed by atoms with Crippen molar-refractivity contribution in [1.82, 2.24) is 37.0 Å². The van der Waals surface area contributed by atoms with E-state index < -0.39 is 53.2 Å². The van der Waals surface area contributed by atoms with Crippen LogP contribution < -0.4 is 27.0 Å². The number of hydrogen-bond acceptors (Lipinski definition) is 10. The summed E-state index contributed by atoms with van der Waals surface area (Å²) in [6.45, 7) is 5.39. The highest BCUT2D eigenvalue weighted by molar-refractivity contribution is 6.21. The molecule has 0 radical (unpaired) electrons. The van der Waals surface area contributed by atoms with E-state index in [1.54, 1.807) is 25.9 Å². The molecule has 3 heterocycles. The van der Waals surface area contributed by atoms with Crippen LogP contribution in [0.2, 0.25) is 0 Å². The molecular formula is C30H48ClN7O7. The lowest BCUT2D eigenvalue weighted by molar-refractivity contribution is -0.145. The predicted molar refractivity (Wildman–Crippen MR) is 164 cm³/mol. The number of hydrogen-bond donors (Lipinski definition) is 7. The maximum absolute atomic E-state index is 14.2.